The van der Waals surface area contributed by atoms with Gasteiger partial charge in [-0.3, -0.25) is 4.79 Å². The molecule has 0 radical (unpaired) electrons. The highest BCUT2D eigenvalue weighted by atomic mass is 16.5. The maximum absolute atomic E-state index is 10.9. The number of hydrogen-bond acceptors (Lipinski definition) is 2. The third-order valence-electron chi connectivity index (χ3n) is 2.77. The number of rotatable bonds is 1. The lowest BCUT2D eigenvalue weighted by molar-refractivity contribution is -0.138. The van der Waals surface area contributed by atoms with Crippen LogP contribution in [0.2, 0.25) is 0 Å². The van der Waals surface area contributed by atoms with E-state index in [1.54, 1.807) is 0 Å². The maximum atomic E-state index is 10.9. The van der Waals surface area contributed by atoms with Gasteiger partial charge in [0.2, 0.25) is 0 Å². The van der Waals surface area contributed by atoms with Crippen LogP contribution in [0, 0.1) is 11.3 Å². The molecule has 0 amide bonds. The second-order valence-electron chi connectivity index (χ2n) is 3.11. The molecule has 0 aromatic heterocycles. The van der Waals surface area contributed by atoms with Gasteiger partial charge in [-0.2, -0.15) is 0 Å². The Kier molecular flexibility index (Phi) is 0.858. The van der Waals surface area contributed by atoms with E-state index in [1.165, 1.54) is 0 Å². The molecule has 54 valence electrons. The Hall–Kier alpha value is -0.790. The Morgan fingerprint density at radius 1 is 1.90 bits per heavy atom. The summed E-state index contributed by atoms with van der Waals surface area (Å²) in [4.78, 5) is 10.9. The highest BCUT2D eigenvalue weighted by Crippen LogP contribution is 2.64. The van der Waals surface area contributed by atoms with Gasteiger partial charge in [-0.15, -0.1) is 0 Å². The fourth-order valence-electron chi connectivity index (χ4n) is 1.80. The van der Waals surface area contributed by atoms with Crippen LogP contribution in [0.1, 0.15) is 19.8 Å². The van der Waals surface area contributed by atoms with Gasteiger partial charge in [-0.25, -0.2) is 0 Å². The molecule has 1 aliphatic carbocycles. The molecule has 2 unspecified atom stereocenters. The average molecular weight is 138 g/mol. The fraction of sp³-hybridized carbons (Fsp3) is 0.625. The van der Waals surface area contributed by atoms with Gasteiger partial charge in [-0.05, 0) is 12.8 Å². The number of esters is 1. The van der Waals surface area contributed by atoms with E-state index in [9.17, 15) is 4.79 Å². The van der Waals surface area contributed by atoms with Crippen LogP contribution in [-0.4, -0.2) is 5.97 Å². The molecule has 1 saturated carbocycles. The van der Waals surface area contributed by atoms with Crippen LogP contribution in [-0.2, 0) is 9.53 Å². The molecule has 1 heterocycles. The molecule has 2 heteroatoms. The number of ether oxygens (including phenoxy) is 1. The molecule has 10 heavy (non-hydrogen) atoms. The zero-order valence-corrected chi connectivity index (χ0v) is 6.02. The summed E-state index contributed by atoms with van der Waals surface area (Å²) in [5, 5.41) is 0. The van der Waals surface area contributed by atoms with Crippen LogP contribution < -0.4 is 0 Å². The normalized spacial score (nSPS) is 43.1. The first-order chi connectivity index (χ1) is 4.70. The summed E-state index contributed by atoms with van der Waals surface area (Å²) >= 11 is 0. The van der Waals surface area contributed by atoms with Crippen molar-refractivity contribution in [2.24, 2.45) is 11.3 Å². The van der Waals surface area contributed by atoms with E-state index in [1.807, 2.05) is 0 Å². The van der Waals surface area contributed by atoms with E-state index < -0.39 is 0 Å². The van der Waals surface area contributed by atoms with Crippen molar-refractivity contribution < 1.29 is 9.53 Å². The Morgan fingerprint density at radius 2 is 2.60 bits per heavy atom. The highest BCUT2D eigenvalue weighted by molar-refractivity contribution is 5.82. The van der Waals surface area contributed by atoms with Gasteiger partial charge in [0.25, 0.3) is 0 Å². The lowest BCUT2D eigenvalue weighted by atomic mass is 10.0. The van der Waals surface area contributed by atoms with E-state index >= 15 is 0 Å². The lowest BCUT2D eigenvalue weighted by Crippen LogP contribution is -1.99. The van der Waals surface area contributed by atoms with E-state index in [-0.39, 0.29) is 17.3 Å². The van der Waals surface area contributed by atoms with Gasteiger partial charge in [0, 0.05) is 5.41 Å². The average Bonchev–Trinajstić information content (AvgIpc) is 2.57. The van der Waals surface area contributed by atoms with Gasteiger partial charge in [-0.1, -0.05) is 13.5 Å². The molecule has 2 rings (SSSR count). The largest absolute Gasteiger partial charge is 0.431 e. The number of hydrogen-bond donors (Lipinski definition) is 0. The number of carbonyl (C=O) groups excluding carboxylic acids is 1. The van der Waals surface area contributed by atoms with Crippen molar-refractivity contribution in [3.05, 3.63) is 12.3 Å². The summed E-state index contributed by atoms with van der Waals surface area (Å²) in [6.07, 6.45) is 1.96. The molecule has 1 aliphatic heterocycles. The minimum absolute atomic E-state index is 0.0631. The van der Waals surface area contributed by atoms with Crippen molar-refractivity contribution in [2.45, 2.75) is 19.8 Å². The zero-order chi connectivity index (χ0) is 7.35. The first-order valence-electron chi connectivity index (χ1n) is 3.62. The van der Waals surface area contributed by atoms with Crippen LogP contribution in [0.4, 0.5) is 0 Å². The van der Waals surface area contributed by atoms with Crippen molar-refractivity contribution >= 4 is 5.97 Å². The standard InChI is InChI=1S/C8H10O2/c1-3-8-4-6(8)7(9)10-5(8)2/h6H,2-4H2,1H3. The van der Waals surface area contributed by atoms with Gasteiger partial charge in [0.1, 0.15) is 5.76 Å². The lowest BCUT2D eigenvalue weighted by Gasteiger charge is -2.06. The van der Waals surface area contributed by atoms with E-state index in [2.05, 4.69) is 13.5 Å². The number of fused-ring (bicyclic) bond motifs is 1. The second kappa shape index (κ2) is 1.44. The van der Waals surface area contributed by atoms with Gasteiger partial charge in [0.15, 0.2) is 0 Å². The Balaban J connectivity index is 2.31. The quantitative estimate of drug-likeness (QED) is 0.513. The number of cyclic esters (lactones) is 1. The topological polar surface area (TPSA) is 26.3 Å². The van der Waals surface area contributed by atoms with Crippen molar-refractivity contribution in [2.75, 3.05) is 0 Å². The predicted octanol–water partition coefficient (Wildman–Crippen LogP) is 1.47. The summed E-state index contributed by atoms with van der Waals surface area (Å²) in [7, 11) is 0. The predicted molar refractivity (Wildman–Crippen MR) is 36.1 cm³/mol. The molecule has 2 aliphatic rings. The van der Waals surface area contributed by atoms with Gasteiger partial charge in [0.05, 0.1) is 5.92 Å². The Labute approximate surface area is 59.9 Å². The minimum Gasteiger partial charge on any atom is -0.431 e. The van der Waals surface area contributed by atoms with Crippen molar-refractivity contribution in [3.8, 4) is 0 Å². The summed E-state index contributed by atoms with van der Waals surface area (Å²) < 4.78 is 4.88. The van der Waals surface area contributed by atoms with E-state index in [0.29, 0.717) is 5.76 Å². The highest BCUT2D eigenvalue weighted by Gasteiger charge is 2.65. The molecule has 0 spiro atoms. The van der Waals surface area contributed by atoms with Crippen molar-refractivity contribution in [1.82, 2.24) is 0 Å². The Morgan fingerprint density at radius 3 is 2.80 bits per heavy atom. The van der Waals surface area contributed by atoms with Gasteiger partial charge < -0.3 is 4.74 Å². The second-order valence-corrected chi connectivity index (χ2v) is 3.11. The SMILES string of the molecule is C=C1OC(=O)C2CC12CC. The molecule has 0 bridgehead atoms. The summed E-state index contributed by atoms with van der Waals surface area (Å²) in [6.45, 7) is 5.80. The minimum atomic E-state index is -0.0631. The van der Waals surface area contributed by atoms with Crippen LogP contribution in [0.5, 0.6) is 0 Å². The summed E-state index contributed by atoms with van der Waals surface area (Å²) in [6, 6.07) is 0. The number of carbonyl (C=O) groups is 1. The third kappa shape index (κ3) is 0.437. The molecule has 1 saturated heterocycles. The van der Waals surface area contributed by atoms with Crippen LogP contribution in [0.15, 0.2) is 12.3 Å². The zero-order valence-electron chi connectivity index (χ0n) is 6.02. The first-order valence-corrected chi connectivity index (χ1v) is 3.62. The van der Waals surface area contributed by atoms with Gasteiger partial charge >= 0.3 is 5.97 Å². The molecule has 0 aromatic carbocycles. The van der Waals surface area contributed by atoms with Crippen LogP contribution >= 0.6 is 0 Å². The van der Waals surface area contributed by atoms with E-state index in [0.717, 1.165) is 12.8 Å². The Bertz CT molecular complexity index is 219. The maximum Gasteiger partial charge on any atom is 0.315 e. The molecule has 0 N–H and O–H groups in total. The third-order valence-corrected chi connectivity index (χ3v) is 2.77. The smallest absolute Gasteiger partial charge is 0.315 e. The first kappa shape index (κ1) is 5.96. The fourth-order valence-corrected chi connectivity index (χ4v) is 1.80. The summed E-state index contributed by atoms with van der Waals surface area (Å²) in [5.41, 5.74) is 0.0666. The molecular weight excluding hydrogens is 128 g/mol. The van der Waals surface area contributed by atoms with Crippen molar-refractivity contribution in [3.63, 3.8) is 0 Å². The molecule has 2 atom stereocenters. The van der Waals surface area contributed by atoms with Crippen molar-refractivity contribution in [1.29, 1.82) is 0 Å². The molecule has 0 aromatic rings. The molecular formula is C8H10O2. The number of allylic oxidation sites excluding steroid dienone is 1. The summed E-state index contributed by atoms with van der Waals surface area (Å²) in [5.74, 6) is 0.793. The van der Waals surface area contributed by atoms with E-state index in [4.69, 9.17) is 4.74 Å². The van der Waals surface area contributed by atoms with Crippen LogP contribution in [0.25, 0.3) is 0 Å². The van der Waals surface area contributed by atoms with Crippen LogP contribution in [0.3, 0.4) is 0 Å². The molecule has 2 nitrogen and oxygen atoms in total. The molecule has 2 fully saturated rings. The monoisotopic (exact) mass is 138 g/mol.